The first-order chi connectivity index (χ1) is 15.5. The summed E-state index contributed by atoms with van der Waals surface area (Å²) in [5.74, 6) is -2.34. The van der Waals surface area contributed by atoms with E-state index in [0.717, 1.165) is 23.3 Å². The van der Waals surface area contributed by atoms with Gasteiger partial charge in [-0.3, -0.25) is 14.3 Å². The van der Waals surface area contributed by atoms with E-state index in [4.69, 9.17) is 0 Å². The summed E-state index contributed by atoms with van der Waals surface area (Å²) in [6, 6.07) is 12.7. The maximum absolute atomic E-state index is 13.9. The number of halogens is 2. The first kappa shape index (κ1) is 21.7. The molecule has 0 aliphatic carbocycles. The lowest BCUT2D eigenvalue weighted by Crippen LogP contribution is -2.43. The van der Waals surface area contributed by atoms with Crippen molar-refractivity contribution in [2.75, 3.05) is 13.1 Å². The third kappa shape index (κ3) is 5.01. The molecule has 2 heterocycles. The summed E-state index contributed by atoms with van der Waals surface area (Å²) in [5.41, 5.74) is 1.96. The van der Waals surface area contributed by atoms with Crippen molar-refractivity contribution < 1.29 is 18.4 Å². The summed E-state index contributed by atoms with van der Waals surface area (Å²) in [7, 11) is 0. The Hall–Kier alpha value is -3.55. The molecule has 1 aliphatic heterocycles. The molecule has 1 N–H and O–H groups in total. The van der Waals surface area contributed by atoms with E-state index in [1.165, 1.54) is 4.90 Å². The maximum atomic E-state index is 13.9. The van der Waals surface area contributed by atoms with Gasteiger partial charge in [-0.15, -0.1) is 0 Å². The number of carbonyl (C=O) groups excluding carboxylic acids is 2. The second kappa shape index (κ2) is 9.72. The normalized spacial score (nSPS) is 14.4. The van der Waals surface area contributed by atoms with Crippen LogP contribution in [0.5, 0.6) is 0 Å². The second-order valence-electron chi connectivity index (χ2n) is 7.88. The minimum atomic E-state index is -0.872. The van der Waals surface area contributed by atoms with Crippen LogP contribution >= 0.6 is 0 Å². The van der Waals surface area contributed by atoms with E-state index in [1.807, 2.05) is 41.2 Å². The molecule has 1 saturated heterocycles. The average molecular weight is 438 g/mol. The highest BCUT2D eigenvalue weighted by Crippen LogP contribution is 2.21. The molecule has 0 atom stereocenters. The van der Waals surface area contributed by atoms with Crippen LogP contribution in [-0.2, 0) is 17.9 Å². The fourth-order valence-corrected chi connectivity index (χ4v) is 3.96. The Balaban J connectivity index is 1.30. The first-order valence-electron chi connectivity index (χ1n) is 10.6. The molecule has 166 valence electrons. The van der Waals surface area contributed by atoms with Crippen molar-refractivity contribution >= 4 is 11.8 Å². The summed E-state index contributed by atoms with van der Waals surface area (Å²) in [6.07, 6.45) is 4.61. The van der Waals surface area contributed by atoms with Crippen LogP contribution in [0.3, 0.4) is 0 Å². The zero-order valence-corrected chi connectivity index (χ0v) is 17.5. The molecule has 6 nitrogen and oxygen atoms in total. The fourth-order valence-electron chi connectivity index (χ4n) is 3.96. The average Bonchev–Trinajstić information content (AvgIpc) is 3.31. The van der Waals surface area contributed by atoms with Gasteiger partial charge in [0.25, 0.3) is 5.91 Å². The zero-order chi connectivity index (χ0) is 22.5. The first-order valence-corrected chi connectivity index (χ1v) is 10.6. The topological polar surface area (TPSA) is 67.2 Å². The number of carbonyl (C=O) groups is 2. The molecule has 2 aromatic carbocycles. The molecule has 2 amide bonds. The van der Waals surface area contributed by atoms with Gasteiger partial charge >= 0.3 is 0 Å². The highest BCUT2D eigenvalue weighted by atomic mass is 19.1. The summed E-state index contributed by atoms with van der Waals surface area (Å²) in [5, 5.41) is 7.24. The van der Waals surface area contributed by atoms with Gasteiger partial charge in [-0.05, 0) is 42.2 Å². The number of rotatable bonds is 6. The van der Waals surface area contributed by atoms with Crippen molar-refractivity contribution in [3.8, 4) is 0 Å². The van der Waals surface area contributed by atoms with E-state index in [2.05, 4.69) is 10.4 Å². The van der Waals surface area contributed by atoms with Gasteiger partial charge in [0.2, 0.25) is 5.91 Å². The highest BCUT2D eigenvalue weighted by molar-refractivity contribution is 5.94. The largest absolute Gasteiger partial charge is 0.352 e. The lowest BCUT2D eigenvalue weighted by Gasteiger charge is -2.31. The maximum Gasteiger partial charge on any atom is 0.256 e. The molecule has 1 fully saturated rings. The molecule has 0 radical (unpaired) electrons. The van der Waals surface area contributed by atoms with Gasteiger partial charge < -0.3 is 10.2 Å². The predicted octanol–water partition coefficient (Wildman–Crippen LogP) is 3.38. The van der Waals surface area contributed by atoms with Crippen molar-refractivity contribution in [2.24, 2.45) is 5.92 Å². The molecular formula is C24H24F2N4O2. The van der Waals surface area contributed by atoms with Crippen LogP contribution in [0.4, 0.5) is 8.78 Å². The van der Waals surface area contributed by atoms with E-state index >= 15 is 0 Å². The van der Waals surface area contributed by atoms with Crippen LogP contribution in [-0.4, -0.2) is 39.6 Å². The molecule has 0 bridgehead atoms. The van der Waals surface area contributed by atoms with Crippen LogP contribution in [0.15, 0.2) is 60.9 Å². The van der Waals surface area contributed by atoms with Crippen molar-refractivity contribution in [2.45, 2.75) is 25.9 Å². The number of benzene rings is 2. The number of hydrogen-bond donors (Lipinski definition) is 1. The van der Waals surface area contributed by atoms with Crippen molar-refractivity contribution in [3.05, 3.63) is 89.2 Å². The second-order valence-corrected chi connectivity index (χ2v) is 7.88. The van der Waals surface area contributed by atoms with E-state index in [1.54, 1.807) is 6.20 Å². The summed E-state index contributed by atoms with van der Waals surface area (Å²) in [4.78, 5) is 26.8. The van der Waals surface area contributed by atoms with Crippen LogP contribution < -0.4 is 5.32 Å². The Bertz CT molecular complexity index is 1090. The summed E-state index contributed by atoms with van der Waals surface area (Å²) < 4.78 is 28.8. The Labute approximate surface area is 184 Å². The third-order valence-corrected chi connectivity index (χ3v) is 5.78. The van der Waals surface area contributed by atoms with Crippen molar-refractivity contribution in [1.29, 1.82) is 0 Å². The Kier molecular flexibility index (Phi) is 6.58. The van der Waals surface area contributed by atoms with Gasteiger partial charge in [0.15, 0.2) is 0 Å². The molecule has 32 heavy (non-hydrogen) atoms. The van der Waals surface area contributed by atoms with Crippen molar-refractivity contribution in [1.82, 2.24) is 20.0 Å². The number of nitrogens with zero attached hydrogens (tertiary/aromatic N) is 3. The molecule has 3 aromatic rings. The predicted molar refractivity (Wildman–Crippen MR) is 115 cm³/mol. The Morgan fingerprint density at radius 1 is 1.03 bits per heavy atom. The van der Waals surface area contributed by atoms with Crippen LogP contribution in [0.2, 0.25) is 0 Å². The van der Waals surface area contributed by atoms with Gasteiger partial charge in [0, 0.05) is 44.0 Å². The molecule has 0 spiro atoms. The van der Waals surface area contributed by atoms with Crippen molar-refractivity contribution in [3.63, 3.8) is 0 Å². The third-order valence-electron chi connectivity index (χ3n) is 5.78. The van der Waals surface area contributed by atoms with E-state index in [0.29, 0.717) is 45.1 Å². The quantitative estimate of drug-likeness (QED) is 0.642. The molecule has 0 unspecified atom stereocenters. The lowest BCUT2D eigenvalue weighted by molar-refractivity contribution is -0.126. The van der Waals surface area contributed by atoms with Gasteiger partial charge in [-0.1, -0.05) is 24.3 Å². The molecular weight excluding hydrogens is 414 g/mol. The standard InChI is InChI=1S/C24H24F2N4O2/c25-20-6-7-21(22(26)14-20)24(32)29-12-8-17(9-13-29)23(31)27-15-18-4-1-2-5-19(18)16-30-11-3-10-28-30/h1-7,10-11,14,17H,8-9,12-13,15-16H2,(H,27,31). The van der Waals surface area contributed by atoms with Gasteiger partial charge in [-0.25, -0.2) is 8.78 Å². The minimum Gasteiger partial charge on any atom is -0.352 e. The number of aromatic nitrogens is 2. The number of likely N-dealkylation sites (tertiary alicyclic amines) is 1. The number of hydrogen-bond acceptors (Lipinski definition) is 3. The Morgan fingerprint density at radius 2 is 1.78 bits per heavy atom. The van der Waals surface area contributed by atoms with E-state index < -0.39 is 17.5 Å². The fraction of sp³-hybridized carbons (Fsp3) is 0.292. The number of piperidine rings is 1. The summed E-state index contributed by atoms with van der Waals surface area (Å²) in [6.45, 7) is 1.74. The molecule has 4 rings (SSSR count). The van der Waals surface area contributed by atoms with E-state index in [9.17, 15) is 18.4 Å². The van der Waals surface area contributed by atoms with Gasteiger partial charge in [-0.2, -0.15) is 5.10 Å². The molecule has 0 saturated carbocycles. The Morgan fingerprint density at radius 3 is 2.47 bits per heavy atom. The van der Waals surface area contributed by atoms with Crippen LogP contribution in [0.1, 0.15) is 34.3 Å². The van der Waals surface area contributed by atoms with Gasteiger partial charge in [0.1, 0.15) is 11.6 Å². The lowest BCUT2D eigenvalue weighted by atomic mass is 9.95. The molecule has 1 aliphatic rings. The number of nitrogens with one attached hydrogen (secondary N) is 1. The van der Waals surface area contributed by atoms with Crippen LogP contribution in [0, 0.1) is 17.6 Å². The van der Waals surface area contributed by atoms with Crippen LogP contribution in [0.25, 0.3) is 0 Å². The SMILES string of the molecule is O=C(NCc1ccccc1Cn1cccn1)C1CCN(C(=O)c2ccc(F)cc2F)CC1. The smallest absolute Gasteiger partial charge is 0.256 e. The summed E-state index contributed by atoms with van der Waals surface area (Å²) >= 11 is 0. The van der Waals surface area contributed by atoms with E-state index in [-0.39, 0.29) is 17.4 Å². The molecule has 1 aromatic heterocycles. The zero-order valence-electron chi connectivity index (χ0n) is 17.5. The number of amides is 2. The minimum absolute atomic E-state index is 0.0565. The highest BCUT2D eigenvalue weighted by Gasteiger charge is 2.29. The molecule has 8 heteroatoms. The monoisotopic (exact) mass is 438 g/mol. The van der Waals surface area contributed by atoms with Gasteiger partial charge in [0.05, 0.1) is 12.1 Å².